The van der Waals surface area contributed by atoms with Gasteiger partial charge < -0.3 is 9.64 Å². The van der Waals surface area contributed by atoms with E-state index in [9.17, 15) is 4.79 Å². The van der Waals surface area contributed by atoms with Crippen molar-refractivity contribution < 1.29 is 9.53 Å². The van der Waals surface area contributed by atoms with Gasteiger partial charge in [0.25, 0.3) is 0 Å². The lowest BCUT2D eigenvalue weighted by Gasteiger charge is -2.34. The van der Waals surface area contributed by atoms with Crippen LogP contribution in [0.2, 0.25) is 0 Å². The normalized spacial score (nSPS) is 14.6. The molecule has 3 aromatic rings. The highest BCUT2D eigenvalue weighted by atomic mass is 32.1. The summed E-state index contributed by atoms with van der Waals surface area (Å²) < 4.78 is 7.63. The van der Waals surface area contributed by atoms with E-state index in [2.05, 4.69) is 32.4 Å². The van der Waals surface area contributed by atoms with Crippen molar-refractivity contribution in [3.63, 3.8) is 0 Å². The maximum absolute atomic E-state index is 12.8. The quantitative estimate of drug-likeness (QED) is 0.507. The van der Waals surface area contributed by atoms with Gasteiger partial charge in [0.05, 0.1) is 17.8 Å². The molecule has 0 aliphatic carbocycles. The monoisotopic (exact) mass is 472 g/mol. The number of aromatic amines is 1. The second kappa shape index (κ2) is 10.4. The number of aryl methyl sites for hydroxylation is 1. The van der Waals surface area contributed by atoms with Gasteiger partial charge in [0.2, 0.25) is 5.91 Å². The van der Waals surface area contributed by atoms with E-state index < -0.39 is 0 Å². The van der Waals surface area contributed by atoms with Crippen LogP contribution in [0.5, 0.6) is 5.75 Å². The van der Waals surface area contributed by atoms with Gasteiger partial charge in [0, 0.05) is 56.6 Å². The number of nitrogens with one attached hydrogen (secondary N) is 1. The topological polar surface area (TPSA) is 79.3 Å². The van der Waals surface area contributed by atoms with Crippen LogP contribution in [0.15, 0.2) is 29.6 Å². The van der Waals surface area contributed by atoms with Crippen molar-refractivity contribution in [1.82, 2.24) is 29.5 Å². The molecule has 1 amide bonds. The number of benzene rings is 1. The number of hydrogen-bond acceptors (Lipinski definition) is 7. The molecule has 0 saturated carbocycles. The molecule has 1 aliphatic heterocycles. The summed E-state index contributed by atoms with van der Waals surface area (Å²) in [4.78, 5) is 21.8. The maximum atomic E-state index is 12.8. The number of nitrogens with zero attached hydrogens (tertiary/aromatic N) is 5. The molecule has 3 heterocycles. The average Bonchev–Trinajstić information content (AvgIpc) is 3.44. The number of aromatic nitrogens is 4. The van der Waals surface area contributed by atoms with E-state index in [1.165, 1.54) is 5.01 Å². The van der Waals surface area contributed by atoms with Crippen molar-refractivity contribution >= 4 is 29.5 Å². The summed E-state index contributed by atoms with van der Waals surface area (Å²) >= 11 is 7.13. The number of thiazole rings is 1. The number of rotatable bonds is 8. The van der Waals surface area contributed by atoms with Crippen LogP contribution in [0.1, 0.15) is 24.0 Å². The summed E-state index contributed by atoms with van der Waals surface area (Å²) in [5.41, 5.74) is 2.06. The molecule has 8 nitrogen and oxygen atoms in total. The molecule has 1 saturated heterocycles. The Labute approximate surface area is 196 Å². The van der Waals surface area contributed by atoms with E-state index in [4.69, 9.17) is 17.0 Å². The minimum Gasteiger partial charge on any atom is -0.497 e. The Kier molecular flexibility index (Phi) is 7.33. The van der Waals surface area contributed by atoms with Crippen LogP contribution in [0.4, 0.5) is 0 Å². The third-order valence-electron chi connectivity index (χ3n) is 5.67. The first-order chi connectivity index (χ1) is 15.6. The Morgan fingerprint density at radius 2 is 1.97 bits per heavy atom. The molecular weight excluding hydrogens is 444 g/mol. The smallest absolute Gasteiger partial charge is 0.224 e. The van der Waals surface area contributed by atoms with Crippen molar-refractivity contribution in [3.8, 4) is 17.1 Å². The van der Waals surface area contributed by atoms with Gasteiger partial charge >= 0.3 is 0 Å². The van der Waals surface area contributed by atoms with Crippen molar-refractivity contribution in [2.45, 2.75) is 32.9 Å². The second-order valence-corrected chi connectivity index (χ2v) is 9.05. The molecule has 0 bridgehead atoms. The number of methoxy groups -OCH3 is 1. The summed E-state index contributed by atoms with van der Waals surface area (Å²) in [7, 11) is 1.64. The van der Waals surface area contributed by atoms with Gasteiger partial charge in [-0.05, 0) is 42.9 Å². The number of carbonyl (C=O) groups is 1. The van der Waals surface area contributed by atoms with Crippen molar-refractivity contribution in [1.29, 1.82) is 0 Å². The number of carbonyl (C=O) groups excluding carboxylic acids is 1. The standard InChI is InChI=1S/C22H28N6O2S2/c1-3-19-23-17(15-32-19)14-26-10-12-27(13-11-26)20(29)8-9-28-21(24-25-22(28)31)16-4-6-18(30-2)7-5-16/h4-7,15H,3,8-14H2,1-2H3,(H,25,31). The predicted molar refractivity (Wildman–Crippen MR) is 127 cm³/mol. The Morgan fingerprint density at radius 3 is 2.62 bits per heavy atom. The van der Waals surface area contributed by atoms with Gasteiger partial charge in [-0.1, -0.05) is 6.92 Å². The number of amides is 1. The van der Waals surface area contributed by atoms with E-state index in [0.29, 0.717) is 17.7 Å². The van der Waals surface area contributed by atoms with Gasteiger partial charge in [-0.2, -0.15) is 5.10 Å². The first-order valence-corrected chi connectivity index (χ1v) is 12.1. The Bertz CT molecular complexity index is 1100. The van der Waals surface area contributed by atoms with Gasteiger partial charge in [0.15, 0.2) is 10.6 Å². The molecular formula is C22H28N6O2S2. The van der Waals surface area contributed by atoms with E-state index in [1.807, 2.05) is 33.7 Å². The Hall–Kier alpha value is -2.56. The zero-order valence-electron chi connectivity index (χ0n) is 18.4. The fourth-order valence-electron chi connectivity index (χ4n) is 3.82. The summed E-state index contributed by atoms with van der Waals surface area (Å²) in [6.45, 7) is 6.70. The second-order valence-electron chi connectivity index (χ2n) is 7.73. The highest BCUT2D eigenvalue weighted by Crippen LogP contribution is 2.21. The number of hydrogen-bond donors (Lipinski definition) is 1. The van der Waals surface area contributed by atoms with E-state index >= 15 is 0 Å². The number of ether oxygens (including phenoxy) is 1. The molecule has 4 rings (SSSR count). The molecule has 2 aromatic heterocycles. The zero-order valence-corrected chi connectivity index (χ0v) is 20.0. The Morgan fingerprint density at radius 1 is 1.22 bits per heavy atom. The van der Waals surface area contributed by atoms with Gasteiger partial charge in [-0.25, -0.2) is 4.98 Å². The van der Waals surface area contributed by atoms with Crippen molar-refractivity contribution in [2.24, 2.45) is 0 Å². The molecule has 10 heteroatoms. The van der Waals surface area contributed by atoms with Crippen LogP contribution in [-0.2, 0) is 24.3 Å². The molecule has 170 valence electrons. The first-order valence-electron chi connectivity index (χ1n) is 10.8. The van der Waals surface area contributed by atoms with Crippen molar-refractivity contribution in [2.75, 3.05) is 33.3 Å². The van der Waals surface area contributed by atoms with E-state index in [0.717, 1.165) is 62.0 Å². The predicted octanol–water partition coefficient (Wildman–Crippen LogP) is 3.37. The third kappa shape index (κ3) is 5.25. The largest absolute Gasteiger partial charge is 0.497 e. The highest BCUT2D eigenvalue weighted by molar-refractivity contribution is 7.71. The minimum absolute atomic E-state index is 0.148. The SMILES string of the molecule is CCc1nc(CN2CCN(C(=O)CCn3c(-c4ccc(OC)cc4)n[nH]c3=S)CC2)cs1. The number of piperazine rings is 1. The van der Waals surface area contributed by atoms with Crippen molar-refractivity contribution in [3.05, 3.63) is 45.1 Å². The molecule has 1 fully saturated rings. The summed E-state index contributed by atoms with van der Waals surface area (Å²) in [6, 6.07) is 7.65. The molecule has 1 aliphatic rings. The fourth-order valence-corrected chi connectivity index (χ4v) is 4.78. The lowest BCUT2D eigenvalue weighted by molar-refractivity contribution is -0.133. The van der Waals surface area contributed by atoms with Gasteiger partial charge in [-0.3, -0.25) is 19.4 Å². The summed E-state index contributed by atoms with van der Waals surface area (Å²) in [5.74, 6) is 1.66. The lowest BCUT2D eigenvalue weighted by atomic mass is 10.2. The summed E-state index contributed by atoms with van der Waals surface area (Å²) in [6.07, 6.45) is 1.37. The molecule has 0 unspecified atom stereocenters. The third-order valence-corrected chi connectivity index (χ3v) is 7.02. The van der Waals surface area contributed by atoms with Crippen LogP contribution in [0.25, 0.3) is 11.4 Å². The lowest BCUT2D eigenvalue weighted by Crippen LogP contribution is -2.48. The van der Waals surface area contributed by atoms with Gasteiger partial charge in [-0.15, -0.1) is 11.3 Å². The van der Waals surface area contributed by atoms with Crippen LogP contribution >= 0.6 is 23.6 Å². The first kappa shape index (κ1) is 22.6. The fraction of sp³-hybridized carbons (Fsp3) is 0.455. The molecule has 32 heavy (non-hydrogen) atoms. The van der Waals surface area contributed by atoms with Crippen LogP contribution in [-0.4, -0.2) is 68.7 Å². The van der Waals surface area contributed by atoms with E-state index in [-0.39, 0.29) is 5.91 Å². The van der Waals surface area contributed by atoms with Crippen LogP contribution in [0, 0.1) is 4.77 Å². The molecule has 0 spiro atoms. The van der Waals surface area contributed by atoms with Crippen LogP contribution in [0.3, 0.4) is 0 Å². The molecule has 0 atom stereocenters. The minimum atomic E-state index is 0.148. The molecule has 1 N–H and O–H groups in total. The summed E-state index contributed by atoms with van der Waals surface area (Å²) in [5, 5.41) is 10.5. The maximum Gasteiger partial charge on any atom is 0.224 e. The Balaban J connectivity index is 1.31. The zero-order chi connectivity index (χ0) is 22.5. The van der Waals surface area contributed by atoms with E-state index in [1.54, 1.807) is 18.4 Å². The number of H-pyrrole nitrogens is 1. The highest BCUT2D eigenvalue weighted by Gasteiger charge is 2.22. The molecule has 0 radical (unpaired) electrons. The van der Waals surface area contributed by atoms with Crippen LogP contribution < -0.4 is 4.74 Å². The molecule has 1 aromatic carbocycles. The van der Waals surface area contributed by atoms with Gasteiger partial charge in [0.1, 0.15) is 5.75 Å². The average molecular weight is 473 g/mol.